The first kappa shape index (κ1) is 16.5. The van der Waals surface area contributed by atoms with Crippen LogP contribution in [-0.4, -0.2) is 18.3 Å². The lowest BCUT2D eigenvalue weighted by Gasteiger charge is -2.18. The van der Waals surface area contributed by atoms with Crippen LogP contribution in [0.5, 0.6) is 0 Å². The van der Waals surface area contributed by atoms with Crippen molar-refractivity contribution < 1.29 is 4.39 Å². The highest BCUT2D eigenvalue weighted by Crippen LogP contribution is 2.23. The average molecular weight is 368 g/mol. The fourth-order valence-electron chi connectivity index (χ4n) is 2.18. The lowest BCUT2D eigenvalue weighted by molar-refractivity contribution is 0.570. The second-order valence-electron chi connectivity index (χ2n) is 4.83. The Bertz CT molecular complexity index is 576. The molecule has 0 radical (unpaired) electrons. The Labute approximate surface area is 138 Å². The van der Waals surface area contributed by atoms with Crippen LogP contribution in [0.3, 0.4) is 0 Å². The summed E-state index contributed by atoms with van der Waals surface area (Å²) < 4.78 is 14.8. The molecule has 1 unspecified atom stereocenters. The Kier molecular flexibility index (Phi) is 6.74. The van der Waals surface area contributed by atoms with Crippen LogP contribution in [0, 0.1) is 5.82 Å². The zero-order chi connectivity index (χ0) is 15.1. The highest BCUT2D eigenvalue weighted by molar-refractivity contribution is 9.10. The summed E-state index contributed by atoms with van der Waals surface area (Å²) in [6.45, 7) is 3.01. The van der Waals surface area contributed by atoms with Gasteiger partial charge in [0.2, 0.25) is 0 Å². The third kappa shape index (κ3) is 5.46. The first-order valence-electron chi connectivity index (χ1n) is 7.04. The Balaban J connectivity index is 1.97. The normalized spacial score (nSPS) is 12.3. The summed E-state index contributed by atoms with van der Waals surface area (Å²) in [5.41, 5.74) is 1.28. The van der Waals surface area contributed by atoms with Crippen molar-refractivity contribution in [2.24, 2.45) is 0 Å². The molecule has 0 saturated carbocycles. The molecule has 0 heterocycles. The molecule has 0 aliphatic heterocycles. The van der Waals surface area contributed by atoms with Crippen LogP contribution in [0.15, 0.2) is 57.9 Å². The minimum atomic E-state index is -0.139. The SMILES string of the molecule is CCNC(CSc1ccccc1F)Cc1cccc(Br)c1. The Morgan fingerprint density at radius 1 is 1.19 bits per heavy atom. The zero-order valence-electron chi connectivity index (χ0n) is 12.0. The van der Waals surface area contributed by atoms with E-state index in [0.29, 0.717) is 6.04 Å². The molecule has 2 aromatic carbocycles. The highest BCUT2D eigenvalue weighted by Gasteiger charge is 2.11. The topological polar surface area (TPSA) is 12.0 Å². The van der Waals surface area contributed by atoms with Crippen LogP contribution in [0.4, 0.5) is 4.39 Å². The van der Waals surface area contributed by atoms with E-state index in [2.05, 4.69) is 40.3 Å². The molecule has 1 atom stereocenters. The molecule has 0 aliphatic rings. The van der Waals surface area contributed by atoms with E-state index in [-0.39, 0.29) is 5.82 Å². The van der Waals surface area contributed by atoms with E-state index in [1.807, 2.05) is 24.3 Å². The lowest BCUT2D eigenvalue weighted by atomic mass is 10.1. The second-order valence-corrected chi connectivity index (χ2v) is 6.81. The molecule has 4 heteroatoms. The largest absolute Gasteiger partial charge is 0.313 e. The number of benzene rings is 2. The van der Waals surface area contributed by atoms with Gasteiger partial charge in [0.05, 0.1) is 0 Å². The van der Waals surface area contributed by atoms with Crippen molar-refractivity contribution in [3.05, 3.63) is 64.4 Å². The summed E-state index contributed by atoms with van der Waals surface area (Å²) in [7, 11) is 0. The zero-order valence-corrected chi connectivity index (χ0v) is 14.4. The fourth-order valence-corrected chi connectivity index (χ4v) is 3.62. The molecule has 0 amide bonds. The first-order chi connectivity index (χ1) is 10.2. The molecule has 0 spiro atoms. The van der Waals surface area contributed by atoms with E-state index in [1.165, 1.54) is 11.6 Å². The van der Waals surface area contributed by atoms with Crippen molar-refractivity contribution in [3.63, 3.8) is 0 Å². The predicted octanol–water partition coefficient (Wildman–Crippen LogP) is 4.90. The molecule has 2 rings (SSSR count). The van der Waals surface area contributed by atoms with E-state index < -0.39 is 0 Å². The van der Waals surface area contributed by atoms with E-state index in [9.17, 15) is 4.39 Å². The molecule has 0 saturated heterocycles. The van der Waals surface area contributed by atoms with Crippen molar-refractivity contribution in [2.45, 2.75) is 24.3 Å². The van der Waals surface area contributed by atoms with E-state index in [4.69, 9.17) is 0 Å². The van der Waals surface area contributed by atoms with Gasteiger partial charge in [-0.25, -0.2) is 4.39 Å². The van der Waals surface area contributed by atoms with Crippen LogP contribution in [0.2, 0.25) is 0 Å². The number of halogens is 2. The van der Waals surface area contributed by atoms with Crippen LogP contribution in [0.25, 0.3) is 0 Å². The van der Waals surface area contributed by atoms with Gasteiger partial charge in [0.25, 0.3) is 0 Å². The highest BCUT2D eigenvalue weighted by atomic mass is 79.9. The van der Waals surface area contributed by atoms with Crippen molar-refractivity contribution in [2.75, 3.05) is 12.3 Å². The van der Waals surface area contributed by atoms with Crippen LogP contribution in [0.1, 0.15) is 12.5 Å². The number of rotatable bonds is 7. The van der Waals surface area contributed by atoms with Gasteiger partial charge in [-0.05, 0) is 42.8 Å². The number of hydrogen-bond acceptors (Lipinski definition) is 2. The lowest BCUT2D eigenvalue weighted by Crippen LogP contribution is -2.33. The Morgan fingerprint density at radius 2 is 2.00 bits per heavy atom. The van der Waals surface area contributed by atoms with Crippen LogP contribution >= 0.6 is 27.7 Å². The minimum absolute atomic E-state index is 0.139. The third-order valence-corrected chi connectivity index (χ3v) is 4.84. The third-order valence-electron chi connectivity index (χ3n) is 3.14. The van der Waals surface area contributed by atoms with E-state index in [1.54, 1.807) is 17.8 Å². The van der Waals surface area contributed by atoms with Crippen molar-refractivity contribution in [1.82, 2.24) is 5.32 Å². The molecule has 1 nitrogen and oxygen atoms in total. The Morgan fingerprint density at radius 3 is 2.71 bits per heavy atom. The monoisotopic (exact) mass is 367 g/mol. The number of nitrogens with one attached hydrogen (secondary N) is 1. The second kappa shape index (κ2) is 8.57. The van der Waals surface area contributed by atoms with Gasteiger partial charge in [-0.3, -0.25) is 0 Å². The minimum Gasteiger partial charge on any atom is -0.313 e. The van der Waals surface area contributed by atoms with Crippen LogP contribution in [-0.2, 0) is 6.42 Å². The smallest absolute Gasteiger partial charge is 0.136 e. The van der Waals surface area contributed by atoms with Crippen molar-refractivity contribution >= 4 is 27.7 Å². The van der Waals surface area contributed by atoms with Crippen LogP contribution < -0.4 is 5.32 Å². The average Bonchev–Trinajstić information content (AvgIpc) is 2.46. The van der Waals surface area contributed by atoms with Gasteiger partial charge in [0, 0.05) is 21.2 Å². The number of hydrogen-bond donors (Lipinski definition) is 1. The van der Waals surface area contributed by atoms with E-state index >= 15 is 0 Å². The predicted molar refractivity (Wildman–Crippen MR) is 92.4 cm³/mol. The van der Waals surface area contributed by atoms with Gasteiger partial charge in [-0.15, -0.1) is 11.8 Å². The maximum Gasteiger partial charge on any atom is 0.136 e. The van der Waals surface area contributed by atoms with Gasteiger partial charge in [0.15, 0.2) is 0 Å². The molecular formula is C17H19BrFNS. The molecule has 0 aliphatic carbocycles. The molecule has 1 N–H and O–H groups in total. The molecule has 112 valence electrons. The maximum atomic E-state index is 13.7. The van der Waals surface area contributed by atoms with Gasteiger partial charge in [-0.2, -0.15) is 0 Å². The molecule has 21 heavy (non-hydrogen) atoms. The summed E-state index contributed by atoms with van der Waals surface area (Å²) in [4.78, 5) is 0.717. The molecular weight excluding hydrogens is 349 g/mol. The summed E-state index contributed by atoms with van der Waals surface area (Å²) in [6, 6.07) is 15.6. The fraction of sp³-hybridized carbons (Fsp3) is 0.294. The van der Waals surface area contributed by atoms with Gasteiger partial charge in [-0.1, -0.05) is 47.1 Å². The van der Waals surface area contributed by atoms with Gasteiger partial charge in [0.1, 0.15) is 5.82 Å². The summed E-state index contributed by atoms with van der Waals surface area (Å²) >= 11 is 5.07. The molecule has 0 fully saturated rings. The maximum absolute atomic E-state index is 13.7. The summed E-state index contributed by atoms with van der Waals surface area (Å²) in [5.74, 6) is 0.710. The first-order valence-corrected chi connectivity index (χ1v) is 8.82. The summed E-state index contributed by atoms with van der Waals surface area (Å²) in [5, 5.41) is 3.48. The van der Waals surface area contributed by atoms with Crippen molar-refractivity contribution in [3.8, 4) is 0 Å². The molecule has 0 aromatic heterocycles. The van der Waals surface area contributed by atoms with Crippen molar-refractivity contribution in [1.29, 1.82) is 0 Å². The number of likely N-dealkylation sites (N-methyl/N-ethyl adjacent to an activating group) is 1. The standard InChI is InChI=1S/C17H19BrFNS/c1-2-20-15(11-13-6-5-7-14(18)10-13)12-21-17-9-4-3-8-16(17)19/h3-10,15,20H,2,11-12H2,1H3. The summed E-state index contributed by atoms with van der Waals surface area (Å²) in [6.07, 6.45) is 0.939. The molecule has 2 aromatic rings. The Hall–Kier alpha value is -0.840. The van der Waals surface area contributed by atoms with Gasteiger partial charge >= 0.3 is 0 Å². The number of thioether (sulfide) groups is 1. The quantitative estimate of drug-likeness (QED) is 0.698. The molecule has 0 bridgehead atoms. The van der Waals surface area contributed by atoms with Gasteiger partial charge < -0.3 is 5.32 Å². The van der Waals surface area contributed by atoms with E-state index in [0.717, 1.165) is 28.1 Å².